The minimum atomic E-state index is -4.19. The summed E-state index contributed by atoms with van der Waals surface area (Å²) in [7, 11) is -4.19. The molecule has 0 saturated carbocycles. The Labute approximate surface area is 204 Å². The van der Waals surface area contributed by atoms with Crippen molar-refractivity contribution in [2.45, 2.75) is 37.5 Å². The molecule has 0 aliphatic rings. The average molecular weight is 491 g/mol. The summed E-state index contributed by atoms with van der Waals surface area (Å²) in [6.07, 6.45) is 0. The van der Waals surface area contributed by atoms with Crippen molar-refractivity contribution in [1.82, 2.24) is 0 Å². The number of hydrogen-bond acceptors (Lipinski definition) is 6. The lowest BCUT2D eigenvalue weighted by molar-refractivity contribution is 0.466. The van der Waals surface area contributed by atoms with Crippen LogP contribution in [0.1, 0.15) is 22.3 Å². The third kappa shape index (κ3) is 4.08. The van der Waals surface area contributed by atoms with Crippen molar-refractivity contribution in [1.29, 1.82) is 0 Å². The van der Waals surface area contributed by atoms with Gasteiger partial charge in [0.25, 0.3) is 0 Å². The Morgan fingerprint density at radius 3 is 1.17 bits per heavy atom. The van der Waals surface area contributed by atoms with Crippen molar-refractivity contribution in [3.8, 4) is 45.3 Å². The standard InChI is InChI=1S/C28H26O6S/c1-15-13-23(25(17(3)27(15)31)19-5-9-21(29)10-6-19)35(33,34)24-14-16(2)28(32)18(4)26(24)20-7-11-22(30)12-8-20/h5-14,29-32H,1-4H3. The second kappa shape index (κ2) is 8.67. The average Bonchev–Trinajstić information content (AvgIpc) is 2.82. The highest BCUT2D eigenvalue weighted by Crippen LogP contribution is 2.44. The highest BCUT2D eigenvalue weighted by molar-refractivity contribution is 7.91. The fourth-order valence-corrected chi connectivity index (χ4v) is 6.37. The lowest BCUT2D eigenvalue weighted by Crippen LogP contribution is -2.09. The van der Waals surface area contributed by atoms with Crippen molar-refractivity contribution in [2.24, 2.45) is 0 Å². The summed E-state index contributed by atoms with van der Waals surface area (Å²) in [5, 5.41) is 40.8. The van der Waals surface area contributed by atoms with Gasteiger partial charge in [-0.2, -0.15) is 0 Å². The molecule has 35 heavy (non-hydrogen) atoms. The number of rotatable bonds is 4. The first-order valence-electron chi connectivity index (χ1n) is 10.9. The van der Waals surface area contributed by atoms with Crippen LogP contribution in [0.2, 0.25) is 0 Å². The lowest BCUT2D eigenvalue weighted by Gasteiger charge is -2.21. The topological polar surface area (TPSA) is 115 Å². The van der Waals surface area contributed by atoms with E-state index in [9.17, 15) is 28.8 Å². The van der Waals surface area contributed by atoms with Gasteiger partial charge in [-0.1, -0.05) is 24.3 Å². The Kier molecular flexibility index (Phi) is 5.99. The van der Waals surface area contributed by atoms with Crippen LogP contribution in [-0.4, -0.2) is 28.8 Å². The Bertz CT molecular complexity index is 1440. The first-order chi connectivity index (χ1) is 16.4. The molecule has 0 amide bonds. The van der Waals surface area contributed by atoms with Gasteiger partial charge in [0.15, 0.2) is 0 Å². The summed E-state index contributed by atoms with van der Waals surface area (Å²) >= 11 is 0. The minimum Gasteiger partial charge on any atom is -0.508 e. The molecule has 6 nitrogen and oxygen atoms in total. The van der Waals surface area contributed by atoms with Crippen molar-refractivity contribution in [3.05, 3.63) is 82.9 Å². The molecular weight excluding hydrogens is 464 g/mol. The molecule has 4 aromatic carbocycles. The van der Waals surface area contributed by atoms with Crippen LogP contribution in [0.3, 0.4) is 0 Å². The summed E-state index contributed by atoms with van der Waals surface area (Å²) in [6, 6.07) is 15.1. The van der Waals surface area contributed by atoms with Crippen LogP contribution in [0.15, 0.2) is 70.5 Å². The number of aromatic hydroxyl groups is 4. The predicted octanol–water partition coefficient (Wildman–Crippen LogP) is 5.91. The Balaban J connectivity index is 2.10. The maximum Gasteiger partial charge on any atom is 0.207 e. The van der Waals surface area contributed by atoms with Crippen LogP contribution in [0, 0.1) is 27.7 Å². The molecule has 0 heterocycles. The Hall–Kier alpha value is -3.97. The summed E-state index contributed by atoms with van der Waals surface area (Å²) in [5.74, 6) is 0.0470. The molecule has 4 N–H and O–H groups in total. The fraction of sp³-hybridized carbons (Fsp3) is 0.143. The molecule has 0 unspecified atom stereocenters. The van der Waals surface area contributed by atoms with Gasteiger partial charge >= 0.3 is 0 Å². The van der Waals surface area contributed by atoms with Gasteiger partial charge in [0.1, 0.15) is 23.0 Å². The van der Waals surface area contributed by atoms with E-state index in [1.165, 1.54) is 36.4 Å². The summed E-state index contributed by atoms with van der Waals surface area (Å²) in [4.78, 5) is 0.000941. The van der Waals surface area contributed by atoms with Crippen LogP contribution in [0.25, 0.3) is 22.3 Å². The van der Waals surface area contributed by atoms with Crippen LogP contribution in [0.4, 0.5) is 0 Å². The monoisotopic (exact) mass is 490 g/mol. The van der Waals surface area contributed by atoms with Crippen molar-refractivity contribution in [3.63, 3.8) is 0 Å². The number of hydrogen-bond donors (Lipinski definition) is 4. The molecule has 7 heteroatoms. The number of sulfone groups is 1. The Morgan fingerprint density at radius 1 is 0.543 bits per heavy atom. The van der Waals surface area contributed by atoms with E-state index >= 15 is 0 Å². The maximum absolute atomic E-state index is 14.3. The maximum atomic E-state index is 14.3. The van der Waals surface area contributed by atoms with Crippen molar-refractivity contribution in [2.75, 3.05) is 0 Å². The number of phenolic OH excluding ortho intramolecular Hbond substituents is 4. The molecule has 4 aromatic rings. The Morgan fingerprint density at radius 2 is 0.857 bits per heavy atom. The molecule has 0 spiro atoms. The minimum absolute atomic E-state index is 0.000470. The first kappa shape index (κ1) is 24.2. The lowest BCUT2D eigenvalue weighted by atomic mass is 9.97. The second-order valence-electron chi connectivity index (χ2n) is 8.68. The van der Waals surface area contributed by atoms with Gasteiger partial charge in [-0.3, -0.25) is 0 Å². The van der Waals surface area contributed by atoms with Gasteiger partial charge in [0.05, 0.1) is 9.79 Å². The van der Waals surface area contributed by atoms with E-state index in [4.69, 9.17) is 0 Å². The molecule has 0 radical (unpaired) electrons. The zero-order valence-electron chi connectivity index (χ0n) is 19.8. The SMILES string of the molecule is Cc1cc(S(=O)(=O)c2cc(C)c(O)c(C)c2-c2ccc(O)cc2)c(-c2ccc(O)cc2)c(C)c1O. The van der Waals surface area contributed by atoms with Gasteiger partial charge in [-0.25, -0.2) is 8.42 Å². The number of aryl methyl sites for hydroxylation is 2. The molecule has 180 valence electrons. The van der Waals surface area contributed by atoms with Gasteiger partial charge in [0.2, 0.25) is 9.84 Å². The predicted molar refractivity (Wildman–Crippen MR) is 135 cm³/mol. The highest BCUT2D eigenvalue weighted by Gasteiger charge is 2.30. The third-order valence-electron chi connectivity index (χ3n) is 6.29. The van der Waals surface area contributed by atoms with E-state index in [2.05, 4.69) is 0 Å². The fourth-order valence-electron chi connectivity index (χ4n) is 4.39. The largest absolute Gasteiger partial charge is 0.508 e. The molecule has 0 aliphatic heterocycles. The zero-order chi connectivity index (χ0) is 25.7. The molecule has 0 aromatic heterocycles. The highest BCUT2D eigenvalue weighted by atomic mass is 32.2. The normalized spacial score (nSPS) is 11.5. The third-order valence-corrected chi connectivity index (χ3v) is 8.09. The summed E-state index contributed by atoms with van der Waals surface area (Å²) < 4.78 is 28.7. The van der Waals surface area contributed by atoms with E-state index in [0.717, 1.165) is 0 Å². The molecule has 4 rings (SSSR count). The smallest absolute Gasteiger partial charge is 0.207 e. The van der Waals surface area contributed by atoms with E-state index in [1.54, 1.807) is 52.0 Å². The summed E-state index contributed by atoms with van der Waals surface area (Å²) in [6.45, 7) is 6.57. The van der Waals surface area contributed by atoms with E-state index in [-0.39, 0.29) is 32.8 Å². The number of phenols is 4. The molecule has 0 saturated heterocycles. The molecule has 0 aliphatic carbocycles. The summed E-state index contributed by atoms with van der Waals surface area (Å²) in [5.41, 5.74) is 3.30. The van der Waals surface area contributed by atoms with Crippen LogP contribution in [-0.2, 0) is 9.84 Å². The zero-order valence-corrected chi connectivity index (χ0v) is 20.6. The van der Waals surface area contributed by atoms with Gasteiger partial charge < -0.3 is 20.4 Å². The van der Waals surface area contributed by atoms with Gasteiger partial charge in [-0.15, -0.1) is 0 Å². The van der Waals surface area contributed by atoms with Gasteiger partial charge in [0, 0.05) is 22.3 Å². The van der Waals surface area contributed by atoms with E-state index in [1.807, 2.05) is 0 Å². The van der Waals surface area contributed by atoms with E-state index in [0.29, 0.717) is 44.5 Å². The van der Waals surface area contributed by atoms with Crippen molar-refractivity contribution >= 4 is 9.84 Å². The van der Waals surface area contributed by atoms with Crippen molar-refractivity contribution < 1.29 is 28.8 Å². The molecule has 0 fully saturated rings. The quantitative estimate of drug-likeness (QED) is 0.283. The van der Waals surface area contributed by atoms with Crippen LogP contribution in [0.5, 0.6) is 23.0 Å². The first-order valence-corrected chi connectivity index (χ1v) is 12.4. The van der Waals surface area contributed by atoms with Gasteiger partial charge in [-0.05, 0) is 86.3 Å². The molecule has 0 bridgehead atoms. The molecule has 0 atom stereocenters. The second-order valence-corrected chi connectivity index (χ2v) is 10.6. The van der Waals surface area contributed by atoms with Crippen LogP contribution >= 0.6 is 0 Å². The number of benzene rings is 4. The van der Waals surface area contributed by atoms with Crippen LogP contribution < -0.4 is 0 Å². The van der Waals surface area contributed by atoms with E-state index < -0.39 is 9.84 Å². The molecular formula is C28H26O6S.